The minimum atomic E-state index is -0.294. The highest BCUT2D eigenvalue weighted by atomic mass is 32.9. The Bertz CT molecular complexity index is 419. The second-order valence-corrected chi connectivity index (χ2v) is 6.61. The van der Waals surface area contributed by atoms with E-state index in [-0.39, 0.29) is 16.2 Å². The average molecular weight is 229 g/mol. The van der Waals surface area contributed by atoms with Crippen molar-refractivity contribution in [3.63, 3.8) is 0 Å². The van der Waals surface area contributed by atoms with Gasteiger partial charge in [-0.1, -0.05) is 29.4 Å². The maximum absolute atomic E-state index is 11.5. The summed E-state index contributed by atoms with van der Waals surface area (Å²) in [4.78, 5) is 23.1. The standard InChI is InChI=1S/C9H11NO2S2/c1-9(2)3-5-7(6(4-9)10-12)13-14-8(5)11/h6H,3-4H2,1-2H3. The van der Waals surface area contributed by atoms with E-state index >= 15 is 0 Å². The van der Waals surface area contributed by atoms with Gasteiger partial charge in [0.2, 0.25) is 4.74 Å². The van der Waals surface area contributed by atoms with Crippen molar-refractivity contribution in [3.8, 4) is 0 Å². The summed E-state index contributed by atoms with van der Waals surface area (Å²) in [5.74, 6) is 0. The fourth-order valence-corrected chi connectivity index (χ4v) is 4.40. The molecule has 0 N–H and O–H groups in total. The van der Waals surface area contributed by atoms with Crippen LogP contribution in [0.4, 0.5) is 0 Å². The predicted molar refractivity (Wildman–Crippen MR) is 59.1 cm³/mol. The minimum Gasteiger partial charge on any atom is -0.277 e. The van der Waals surface area contributed by atoms with Gasteiger partial charge in [-0.05, 0) is 28.6 Å². The van der Waals surface area contributed by atoms with Crippen LogP contribution in [0, 0.1) is 10.3 Å². The molecular weight excluding hydrogens is 218 g/mol. The van der Waals surface area contributed by atoms with Crippen LogP contribution in [0.15, 0.2) is 9.97 Å². The van der Waals surface area contributed by atoms with Gasteiger partial charge in [-0.3, -0.25) is 4.79 Å². The van der Waals surface area contributed by atoms with Gasteiger partial charge in [0, 0.05) is 5.56 Å². The smallest absolute Gasteiger partial charge is 0.246 e. The molecule has 1 heterocycles. The van der Waals surface area contributed by atoms with Gasteiger partial charge >= 0.3 is 0 Å². The molecule has 0 amide bonds. The number of nitroso groups, excluding NO2 is 1. The predicted octanol–water partition coefficient (Wildman–Crippen LogP) is 2.95. The highest BCUT2D eigenvalue weighted by Crippen LogP contribution is 2.44. The molecule has 2 rings (SSSR count). The Morgan fingerprint density at radius 3 is 2.79 bits per heavy atom. The van der Waals surface area contributed by atoms with Gasteiger partial charge in [-0.15, -0.1) is 0 Å². The van der Waals surface area contributed by atoms with E-state index in [2.05, 4.69) is 19.0 Å². The van der Waals surface area contributed by atoms with Crippen molar-refractivity contribution >= 4 is 20.7 Å². The molecule has 76 valence electrons. The lowest BCUT2D eigenvalue weighted by Gasteiger charge is -2.30. The normalized spacial score (nSPS) is 24.3. The van der Waals surface area contributed by atoms with Gasteiger partial charge in [0.1, 0.15) is 6.04 Å². The molecule has 0 aliphatic heterocycles. The molecule has 0 radical (unpaired) electrons. The summed E-state index contributed by atoms with van der Waals surface area (Å²) in [7, 11) is 2.65. The van der Waals surface area contributed by atoms with Crippen LogP contribution in [0.25, 0.3) is 0 Å². The molecule has 0 saturated heterocycles. The lowest BCUT2D eigenvalue weighted by Crippen LogP contribution is -2.26. The van der Waals surface area contributed by atoms with Crippen LogP contribution >= 0.6 is 20.7 Å². The first kappa shape index (κ1) is 9.98. The number of hydrogen-bond acceptors (Lipinski definition) is 5. The number of hydrogen-bond donors (Lipinski definition) is 0. The monoisotopic (exact) mass is 229 g/mol. The van der Waals surface area contributed by atoms with E-state index in [4.69, 9.17) is 0 Å². The highest BCUT2D eigenvalue weighted by molar-refractivity contribution is 7.68. The second kappa shape index (κ2) is 3.24. The van der Waals surface area contributed by atoms with Gasteiger partial charge in [0.25, 0.3) is 0 Å². The summed E-state index contributed by atoms with van der Waals surface area (Å²) in [5, 5.41) is 3.13. The van der Waals surface area contributed by atoms with Crippen molar-refractivity contribution in [1.82, 2.24) is 0 Å². The second-order valence-electron chi connectivity index (χ2n) is 4.46. The Morgan fingerprint density at radius 2 is 2.14 bits per heavy atom. The van der Waals surface area contributed by atoms with Gasteiger partial charge in [0.15, 0.2) is 0 Å². The number of nitrogens with zero attached hydrogens (tertiary/aromatic N) is 1. The molecule has 5 heteroatoms. The molecule has 14 heavy (non-hydrogen) atoms. The fourth-order valence-electron chi connectivity index (χ4n) is 1.95. The zero-order valence-corrected chi connectivity index (χ0v) is 9.70. The molecule has 1 aromatic heterocycles. The Kier molecular flexibility index (Phi) is 2.31. The summed E-state index contributed by atoms with van der Waals surface area (Å²) in [6, 6.07) is -0.294. The third-order valence-corrected chi connectivity index (χ3v) is 5.00. The topological polar surface area (TPSA) is 46.5 Å². The molecule has 0 spiro atoms. The van der Waals surface area contributed by atoms with Crippen LogP contribution in [0.5, 0.6) is 0 Å². The van der Waals surface area contributed by atoms with E-state index in [1.54, 1.807) is 0 Å². The molecule has 0 aromatic carbocycles. The molecule has 0 saturated carbocycles. The Labute approximate surface area is 89.1 Å². The maximum Gasteiger partial charge on any atom is 0.246 e. The summed E-state index contributed by atoms with van der Waals surface area (Å²) in [5.41, 5.74) is 0.860. The van der Waals surface area contributed by atoms with Gasteiger partial charge in [-0.25, -0.2) is 0 Å². The molecule has 0 bridgehead atoms. The summed E-state index contributed by atoms with van der Waals surface area (Å²) in [6.07, 6.45) is 1.54. The van der Waals surface area contributed by atoms with Crippen LogP contribution in [-0.4, -0.2) is 0 Å². The lowest BCUT2D eigenvalue weighted by molar-refractivity contribution is 0.286. The van der Waals surface area contributed by atoms with Crippen molar-refractivity contribution in [2.75, 3.05) is 0 Å². The quantitative estimate of drug-likeness (QED) is 0.549. The third kappa shape index (κ3) is 1.54. The third-order valence-electron chi connectivity index (χ3n) is 2.58. The summed E-state index contributed by atoms with van der Waals surface area (Å²) < 4.78 is 0.117. The Morgan fingerprint density at radius 1 is 1.43 bits per heavy atom. The molecule has 1 atom stereocenters. The van der Waals surface area contributed by atoms with Crippen molar-refractivity contribution < 1.29 is 0 Å². The van der Waals surface area contributed by atoms with Gasteiger partial charge in [0.05, 0.1) is 4.88 Å². The van der Waals surface area contributed by atoms with Gasteiger partial charge < -0.3 is 0 Å². The first-order valence-corrected chi connectivity index (χ1v) is 6.63. The minimum absolute atomic E-state index is 0.0263. The van der Waals surface area contributed by atoms with E-state index in [1.165, 1.54) is 20.7 Å². The molecule has 1 aliphatic rings. The molecule has 0 fully saturated rings. The molecule has 1 aliphatic carbocycles. The summed E-state index contributed by atoms with van der Waals surface area (Å²) >= 11 is 0. The zero-order valence-electron chi connectivity index (χ0n) is 8.07. The fraction of sp³-hybridized carbons (Fsp3) is 0.667. The largest absolute Gasteiger partial charge is 0.277 e. The van der Waals surface area contributed by atoms with Crippen molar-refractivity contribution in [1.29, 1.82) is 0 Å². The maximum atomic E-state index is 11.5. The number of fused-ring (bicyclic) bond motifs is 1. The van der Waals surface area contributed by atoms with Crippen LogP contribution < -0.4 is 4.74 Å². The van der Waals surface area contributed by atoms with E-state index in [0.29, 0.717) is 0 Å². The first-order chi connectivity index (χ1) is 6.53. The van der Waals surface area contributed by atoms with Crippen LogP contribution in [0.2, 0.25) is 0 Å². The average Bonchev–Trinajstić information content (AvgIpc) is 2.45. The van der Waals surface area contributed by atoms with Crippen molar-refractivity contribution in [2.24, 2.45) is 10.6 Å². The van der Waals surface area contributed by atoms with Gasteiger partial charge in [-0.2, -0.15) is 4.91 Å². The number of rotatable bonds is 1. The Hall–Kier alpha value is -0.550. The molecule has 1 unspecified atom stereocenters. The highest BCUT2D eigenvalue weighted by Gasteiger charge is 2.35. The molecular formula is C9H11NO2S2. The first-order valence-electron chi connectivity index (χ1n) is 4.48. The zero-order chi connectivity index (χ0) is 10.3. The van der Waals surface area contributed by atoms with E-state index in [9.17, 15) is 9.70 Å². The van der Waals surface area contributed by atoms with E-state index in [1.807, 2.05) is 0 Å². The van der Waals surface area contributed by atoms with Crippen molar-refractivity contribution in [2.45, 2.75) is 32.7 Å². The van der Waals surface area contributed by atoms with Crippen LogP contribution in [0.1, 0.15) is 36.8 Å². The van der Waals surface area contributed by atoms with Crippen LogP contribution in [0.3, 0.4) is 0 Å². The van der Waals surface area contributed by atoms with E-state index in [0.717, 1.165) is 23.3 Å². The van der Waals surface area contributed by atoms with Crippen molar-refractivity contribution in [3.05, 3.63) is 24.9 Å². The molecule has 3 nitrogen and oxygen atoms in total. The Balaban J connectivity index is 2.53. The van der Waals surface area contributed by atoms with E-state index < -0.39 is 0 Å². The molecule has 1 aromatic rings. The SMILES string of the molecule is CC1(C)Cc2c(ssc2=O)C(N=O)C1. The van der Waals surface area contributed by atoms with Crippen LogP contribution in [-0.2, 0) is 6.42 Å². The lowest BCUT2D eigenvalue weighted by atomic mass is 9.75. The summed E-state index contributed by atoms with van der Waals surface area (Å²) in [6.45, 7) is 4.16.